The summed E-state index contributed by atoms with van der Waals surface area (Å²) in [5.74, 6) is 0.441. The molecule has 1 aromatic heterocycles. The molecule has 0 fully saturated rings. The van der Waals surface area contributed by atoms with Crippen molar-refractivity contribution in [3.63, 3.8) is 0 Å². The molecule has 5 heteroatoms. The number of nitrogen functional groups attached to an aromatic ring is 1. The molecule has 0 saturated carbocycles. The number of hydrogen-bond donors (Lipinski definition) is 2. The molecule has 5 nitrogen and oxygen atoms in total. The number of hydrogen-bond acceptors (Lipinski definition) is 3. The van der Waals surface area contributed by atoms with Gasteiger partial charge in [-0.15, -0.1) is 0 Å². The van der Waals surface area contributed by atoms with Gasteiger partial charge in [0.2, 0.25) is 0 Å². The lowest BCUT2D eigenvalue weighted by Crippen LogP contribution is -2.34. The summed E-state index contributed by atoms with van der Waals surface area (Å²) in [6, 6.07) is 1.74. The van der Waals surface area contributed by atoms with E-state index in [1.165, 1.54) is 4.90 Å². The minimum Gasteiger partial charge on any atom is -0.465 e. The third-order valence-electron chi connectivity index (χ3n) is 2.39. The van der Waals surface area contributed by atoms with E-state index in [9.17, 15) is 4.79 Å². The Morgan fingerprint density at radius 2 is 2.36 bits per heavy atom. The normalized spacial score (nSPS) is 15.0. The number of fused-ring (bicyclic) bond motifs is 1. The highest BCUT2D eigenvalue weighted by atomic mass is 16.4. The molecule has 0 saturated heterocycles. The van der Waals surface area contributed by atoms with Crippen LogP contribution in [0.15, 0.2) is 12.3 Å². The van der Waals surface area contributed by atoms with Crippen LogP contribution in [0.5, 0.6) is 0 Å². The molecule has 0 unspecified atom stereocenters. The van der Waals surface area contributed by atoms with Crippen molar-refractivity contribution in [3.8, 4) is 0 Å². The summed E-state index contributed by atoms with van der Waals surface area (Å²) in [4.78, 5) is 16.1. The molecule has 0 aliphatic carbocycles. The van der Waals surface area contributed by atoms with Crippen LogP contribution in [0.1, 0.15) is 11.1 Å². The number of pyridine rings is 1. The summed E-state index contributed by atoms with van der Waals surface area (Å²) in [5.41, 5.74) is 7.58. The quantitative estimate of drug-likeness (QED) is 0.635. The van der Waals surface area contributed by atoms with Gasteiger partial charge in [0.15, 0.2) is 0 Å². The molecule has 14 heavy (non-hydrogen) atoms. The summed E-state index contributed by atoms with van der Waals surface area (Å²) < 4.78 is 0. The molecule has 74 valence electrons. The number of nitrogens with zero attached hydrogens (tertiary/aromatic N) is 2. The molecule has 1 aliphatic heterocycles. The number of carboxylic acid groups (broad SMARTS) is 1. The van der Waals surface area contributed by atoms with Crippen LogP contribution >= 0.6 is 0 Å². The zero-order valence-electron chi connectivity index (χ0n) is 7.60. The lowest BCUT2D eigenvalue weighted by Gasteiger charge is -2.26. The average Bonchev–Trinajstić information content (AvgIpc) is 2.16. The third kappa shape index (κ3) is 1.48. The van der Waals surface area contributed by atoms with Gasteiger partial charge < -0.3 is 15.7 Å². The number of nitrogens with two attached hydrogens (primary N) is 1. The van der Waals surface area contributed by atoms with Gasteiger partial charge in [-0.2, -0.15) is 0 Å². The van der Waals surface area contributed by atoms with E-state index in [1.807, 2.05) is 0 Å². The van der Waals surface area contributed by atoms with E-state index in [4.69, 9.17) is 10.8 Å². The van der Waals surface area contributed by atoms with Crippen molar-refractivity contribution in [2.75, 3.05) is 12.3 Å². The van der Waals surface area contributed by atoms with Gasteiger partial charge in [-0.3, -0.25) is 0 Å². The standard InChI is InChI=1S/C9H11N3O2/c10-8-3-7-5-12(9(13)14)2-1-6(7)4-11-8/h3-4H,1-2,5H2,(H2,10,11)(H,13,14). The van der Waals surface area contributed by atoms with E-state index in [-0.39, 0.29) is 0 Å². The smallest absolute Gasteiger partial charge is 0.407 e. The van der Waals surface area contributed by atoms with Crippen LogP contribution in [0.2, 0.25) is 0 Å². The summed E-state index contributed by atoms with van der Waals surface area (Å²) in [5, 5.41) is 8.81. The predicted molar refractivity (Wildman–Crippen MR) is 50.8 cm³/mol. The van der Waals surface area contributed by atoms with Crippen molar-refractivity contribution in [1.29, 1.82) is 0 Å². The summed E-state index contributed by atoms with van der Waals surface area (Å²) >= 11 is 0. The number of amides is 1. The SMILES string of the molecule is Nc1cc2c(cn1)CCN(C(=O)O)C2. The molecule has 0 spiro atoms. The van der Waals surface area contributed by atoms with Crippen LogP contribution in [-0.4, -0.2) is 27.6 Å². The maximum atomic E-state index is 10.7. The highest BCUT2D eigenvalue weighted by Gasteiger charge is 2.19. The van der Waals surface area contributed by atoms with Crippen LogP contribution in [0, 0.1) is 0 Å². The molecular formula is C9H11N3O2. The van der Waals surface area contributed by atoms with Crippen molar-refractivity contribution in [3.05, 3.63) is 23.4 Å². The van der Waals surface area contributed by atoms with Crippen LogP contribution < -0.4 is 5.73 Å². The number of carbonyl (C=O) groups is 1. The van der Waals surface area contributed by atoms with E-state index >= 15 is 0 Å². The lowest BCUT2D eigenvalue weighted by molar-refractivity contribution is 0.140. The molecule has 3 N–H and O–H groups in total. The minimum atomic E-state index is -0.883. The predicted octanol–water partition coefficient (Wildman–Crippen LogP) is 0.700. The van der Waals surface area contributed by atoms with Gasteiger partial charge >= 0.3 is 6.09 Å². The van der Waals surface area contributed by atoms with E-state index in [0.717, 1.165) is 17.5 Å². The van der Waals surface area contributed by atoms with Gasteiger partial charge in [0.1, 0.15) is 5.82 Å². The fourth-order valence-electron chi connectivity index (χ4n) is 1.62. The zero-order valence-corrected chi connectivity index (χ0v) is 7.60. The lowest BCUT2D eigenvalue weighted by atomic mass is 10.0. The Labute approximate surface area is 81.2 Å². The Bertz CT molecular complexity index is 378. The number of rotatable bonds is 0. The largest absolute Gasteiger partial charge is 0.465 e. The Morgan fingerprint density at radius 3 is 3.07 bits per heavy atom. The average molecular weight is 193 g/mol. The van der Waals surface area contributed by atoms with Crippen LogP contribution in [-0.2, 0) is 13.0 Å². The van der Waals surface area contributed by atoms with Gasteiger partial charge in [0, 0.05) is 19.3 Å². The van der Waals surface area contributed by atoms with E-state index in [2.05, 4.69) is 4.98 Å². The van der Waals surface area contributed by atoms with Gasteiger partial charge in [-0.05, 0) is 23.6 Å². The summed E-state index contributed by atoms with van der Waals surface area (Å²) in [6.07, 6.45) is 1.56. The van der Waals surface area contributed by atoms with Crippen LogP contribution in [0.4, 0.5) is 10.6 Å². The first-order valence-electron chi connectivity index (χ1n) is 4.38. The molecule has 1 aromatic rings. The van der Waals surface area contributed by atoms with Crippen molar-refractivity contribution >= 4 is 11.9 Å². The van der Waals surface area contributed by atoms with Gasteiger partial charge in [0.25, 0.3) is 0 Å². The Balaban J connectivity index is 2.29. The van der Waals surface area contributed by atoms with Gasteiger partial charge in [-0.25, -0.2) is 9.78 Å². The number of aromatic nitrogens is 1. The van der Waals surface area contributed by atoms with Gasteiger partial charge in [-0.1, -0.05) is 0 Å². The monoisotopic (exact) mass is 193 g/mol. The maximum absolute atomic E-state index is 10.7. The van der Waals surface area contributed by atoms with E-state index in [1.54, 1.807) is 12.3 Å². The first-order chi connectivity index (χ1) is 6.66. The zero-order chi connectivity index (χ0) is 10.1. The molecule has 1 aliphatic rings. The molecule has 0 bridgehead atoms. The summed E-state index contributed by atoms with van der Waals surface area (Å²) in [7, 11) is 0. The molecule has 0 atom stereocenters. The second-order valence-corrected chi connectivity index (χ2v) is 3.33. The molecule has 2 heterocycles. The minimum absolute atomic E-state index is 0.414. The molecular weight excluding hydrogens is 182 g/mol. The molecule has 2 rings (SSSR count). The van der Waals surface area contributed by atoms with Crippen LogP contribution in [0.3, 0.4) is 0 Å². The molecule has 1 amide bonds. The second kappa shape index (κ2) is 3.17. The number of anilines is 1. The van der Waals surface area contributed by atoms with Crippen molar-refractivity contribution in [2.24, 2.45) is 0 Å². The van der Waals surface area contributed by atoms with Crippen LogP contribution in [0.25, 0.3) is 0 Å². The maximum Gasteiger partial charge on any atom is 0.407 e. The van der Waals surface area contributed by atoms with Crippen molar-refractivity contribution in [1.82, 2.24) is 9.88 Å². The first kappa shape index (κ1) is 8.80. The third-order valence-corrected chi connectivity index (χ3v) is 2.39. The van der Waals surface area contributed by atoms with Crippen molar-refractivity contribution < 1.29 is 9.90 Å². The van der Waals surface area contributed by atoms with E-state index in [0.29, 0.717) is 18.9 Å². The Kier molecular flexibility index (Phi) is 1.99. The molecule has 0 radical (unpaired) electrons. The summed E-state index contributed by atoms with van der Waals surface area (Å²) in [6.45, 7) is 0.950. The second-order valence-electron chi connectivity index (χ2n) is 3.33. The molecule has 0 aromatic carbocycles. The van der Waals surface area contributed by atoms with Gasteiger partial charge in [0.05, 0.1) is 0 Å². The fourth-order valence-corrected chi connectivity index (χ4v) is 1.62. The Morgan fingerprint density at radius 1 is 1.57 bits per heavy atom. The highest BCUT2D eigenvalue weighted by Crippen LogP contribution is 2.19. The highest BCUT2D eigenvalue weighted by molar-refractivity contribution is 5.65. The van der Waals surface area contributed by atoms with E-state index < -0.39 is 6.09 Å². The first-order valence-corrected chi connectivity index (χ1v) is 4.38. The Hall–Kier alpha value is -1.78. The topological polar surface area (TPSA) is 79.5 Å². The fraction of sp³-hybridized carbons (Fsp3) is 0.333. The van der Waals surface area contributed by atoms with Crippen molar-refractivity contribution in [2.45, 2.75) is 13.0 Å².